The van der Waals surface area contributed by atoms with Crippen molar-refractivity contribution in [2.45, 2.75) is 19.4 Å². The molecule has 6 heteroatoms. The van der Waals surface area contributed by atoms with Crippen LogP contribution < -0.4 is 0 Å². The smallest absolute Gasteiger partial charge is 0.306 e. The van der Waals surface area contributed by atoms with Crippen molar-refractivity contribution in [3.63, 3.8) is 0 Å². The molecule has 0 atom stereocenters. The molecule has 0 fully saturated rings. The number of amides is 2. The van der Waals surface area contributed by atoms with Gasteiger partial charge in [-0.15, -0.1) is 11.3 Å². The Morgan fingerprint density at radius 2 is 1.63 bits per heavy atom. The van der Waals surface area contributed by atoms with E-state index in [1.165, 1.54) is 4.90 Å². The summed E-state index contributed by atoms with van der Waals surface area (Å²) < 4.78 is 6.52. The quantitative estimate of drug-likeness (QED) is 0.479. The summed E-state index contributed by atoms with van der Waals surface area (Å²) in [5, 5.41) is 3.10. The lowest BCUT2D eigenvalue weighted by atomic mass is 10.1. The summed E-state index contributed by atoms with van der Waals surface area (Å²) in [7, 11) is 0. The molecular formula is C21H17NO4S. The van der Waals surface area contributed by atoms with Gasteiger partial charge in [-0.1, -0.05) is 30.3 Å². The summed E-state index contributed by atoms with van der Waals surface area (Å²) in [6.45, 7) is 0.443. The zero-order valence-corrected chi connectivity index (χ0v) is 15.3. The highest BCUT2D eigenvalue weighted by Crippen LogP contribution is 2.26. The number of benzene rings is 2. The third-order valence-electron chi connectivity index (χ3n) is 4.59. The minimum atomic E-state index is -0.332. The van der Waals surface area contributed by atoms with E-state index in [1.807, 2.05) is 29.6 Å². The summed E-state index contributed by atoms with van der Waals surface area (Å²) >= 11 is 1.62. The number of imide groups is 1. The SMILES string of the molecule is O=C(CCCN1C(=O)c2ccccc2C1=O)OCc1csc2ccccc12. The van der Waals surface area contributed by atoms with E-state index in [9.17, 15) is 14.4 Å². The van der Waals surface area contributed by atoms with Crippen LogP contribution in [0.15, 0.2) is 53.9 Å². The molecule has 0 bridgehead atoms. The average Bonchev–Trinajstić information content (AvgIpc) is 3.21. The zero-order valence-electron chi connectivity index (χ0n) is 14.5. The molecule has 0 unspecified atom stereocenters. The number of thiophene rings is 1. The van der Waals surface area contributed by atoms with E-state index >= 15 is 0 Å². The van der Waals surface area contributed by atoms with Crippen LogP contribution in [0.25, 0.3) is 10.1 Å². The number of nitrogens with zero attached hydrogens (tertiary/aromatic N) is 1. The van der Waals surface area contributed by atoms with Crippen molar-refractivity contribution < 1.29 is 19.1 Å². The number of hydrogen-bond donors (Lipinski definition) is 0. The lowest BCUT2D eigenvalue weighted by Crippen LogP contribution is -2.31. The van der Waals surface area contributed by atoms with Crippen LogP contribution in [0.1, 0.15) is 39.1 Å². The second kappa shape index (κ2) is 7.32. The van der Waals surface area contributed by atoms with E-state index in [2.05, 4.69) is 0 Å². The predicted molar refractivity (Wildman–Crippen MR) is 103 cm³/mol. The topological polar surface area (TPSA) is 63.7 Å². The van der Waals surface area contributed by atoms with Gasteiger partial charge >= 0.3 is 5.97 Å². The Labute approximate surface area is 160 Å². The van der Waals surface area contributed by atoms with Crippen LogP contribution >= 0.6 is 11.3 Å². The highest BCUT2D eigenvalue weighted by Gasteiger charge is 2.34. The van der Waals surface area contributed by atoms with E-state index in [-0.39, 0.29) is 37.4 Å². The van der Waals surface area contributed by atoms with Gasteiger partial charge in [0.05, 0.1) is 11.1 Å². The van der Waals surface area contributed by atoms with Gasteiger partial charge in [0, 0.05) is 23.2 Å². The van der Waals surface area contributed by atoms with E-state index in [4.69, 9.17) is 4.74 Å². The third-order valence-corrected chi connectivity index (χ3v) is 5.60. The number of esters is 1. The van der Waals surface area contributed by atoms with E-state index in [0.717, 1.165) is 15.6 Å². The highest BCUT2D eigenvalue weighted by atomic mass is 32.1. The number of ether oxygens (including phenoxy) is 1. The van der Waals surface area contributed by atoms with Crippen LogP contribution in [0.2, 0.25) is 0 Å². The maximum absolute atomic E-state index is 12.3. The van der Waals surface area contributed by atoms with E-state index < -0.39 is 0 Å². The summed E-state index contributed by atoms with van der Waals surface area (Å²) in [6, 6.07) is 14.8. The van der Waals surface area contributed by atoms with Gasteiger partial charge in [-0.05, 0) is 35.4 Å². The molecule has 0 radical (unpaired) electrons. The van der Waals surface area contributed by atoms with Crippen molar-refractivity contribution in [1.29, 1.82) is 0 Å². The molecular weight excluding hydrogens is 362 g/mol. The Hall–Kier alpha value is -2.99. The lowest BCUT2D eigenvalue weighted by Gasteiger charge is -2.13. The number of rotatable bonds is 6. The number of carbonyl (C=O) groups is 3. The third kappa shape index (κ3) is 3.36. The summed E-state index contributed by atoms with van der Waals surface area (Å²) in [4.78, 5) is 37.8. The molecule has 2 aromatic carbocycles. The van der Waals surface area contributed by atoms with Crippen LogP contribution in [-0.4, -0.2) is 29.2 Å². The van der Waals surface area contributed by atoms with Crippen molar-refractivity contribution in [3.8, 4) is 0 Å². The molecule has 1 aliphatic rings. The molecule has 1 aliphatic heterocycles. The highest BCUT2D eigenvalue weighted by molar-refractivity contribution is 7.17. The van der Waals surface area contributed by atoms with Gasteiger partial charge in [0.1, 0.15) is 6.61 Å². The van der Waals surface area contributed by atoms with Gasteiger partial charge < -0.3 is 4.74 Å². The van der Waals surface area contributed by atoms with Crippen molar-refractivity contribution >= 4 is 39.2 Å². The second-order valence-electron chi connectivity index (χ2n) is 6.33. The Kier molecular flexibility index (Phi) is 4.73. The van der Waals surface area contributed by atoms with Crippen molar-refractivity contribution in [2.24, 2.45) is 0 Å². The van der Waals surface area contributed by atoms with Crippen molar-refractivity contribution in [2.75, 3.05) is 6.54 Å². The molecule has 1 aromatic heterocycles. The first-order valence-electron chi connectivity index (χ1n) is 8.71. The molecule has 136 valence electrons. The molecule has 0 saturated carbocycles. The second-order valence-corrected chi connectivity index (χ2v) is 7.24. The fourth-order valence-electron chi connectivity index (χ4n) is 3.20. The van der Waals surface area contributed by atoms with Crippen LogP contribution in [0.4, 0.5) is 0 Å². The number of carbonyl (C=O) groups excluding carboxylic acids is 3. The van der Waals surface area contributed by atoms with E-state index in [0.29, 0.717) is 17.5 Å². The van der Waals surface area contributed by atoms with Crippen LogP contribution in [0.3, 0.4) is 0 Å². The summed E-state index contributed by atoms with van der Waals surface area (Å²) in [5.41, 5.74) is 1.84. The van der Waals surface area contributed by atoms with Gasteiger partial charge in [0.2, 0.25) is 0 Å². The molecule has 0 saturated heterocycles. The van der Waals surface area contributed by atoms with Gasteiger partial charge in [0.25, 0.3) is 11.8 Å². The minimum Gasteiger partial charge on any atom is -0.461 e. The standard InChI is InChI=1S/C21H17NO4S/c23-19(26-12-14-13-27-18-9-4-3-6-15(14)18)10-5-11-22-20(24)16-7-1-2-8-17(16)21(22)25/h1-4,6-9,13H,5,10-12H2. The van der Waals surface area contributed by atoms with Crippen LogP contribution in [0, 0.1) is 0 Å². The Bertz CT molecular complexity index is 1000. The first-order chi connectivity index (χ1) is 13.1. The largest absolute Gasteiger partial charge is 0.461 e. The lowest BCUT2D eigenvalue weighted by molar-refractivity contribution is -0.145. The molecule has 27 heavy (non-hydrogen) atoms. The number of fused-ring (bicyclic) bond motifs is 2. The molecule has 3 aromatic rings. The summed E-state index contributed by atoms with van der Waals surface area (Å²) in [6.07, 6.45) is 0.546. The fourth-order valence-corrected chi connectivity index (χ4v) is 4.15. The Balaban J connectivity index is 1.28. The monoisotopic (exact) mass is 379 g/mol. The van der Waals surface area contributed by atoms with Gasteiger partial charge in [-0.3, -0.25) is 19.3 Å². The van der Waals surface area contributed by atoms with Crippen molar-refractivity contribution in [1.82, 2.24) is 4.90 Å². The molecule has 0 aliphatic carbocycles. The molecule has 2 amide bonds. The normalized spacial score (nSPS) is 13.3. The molecule has 2 heterocycles. The van der Waals surface area contributed by atoms with Gasteiger partial charge in [-0.2, -0.15) is 0 Å². The predicted octanol–water partition coefficient (Wildman–Crippen LogP) is 4.02. The minimum absolute atomic E-state index is 0.162. The molecule has 0 N–H and O–H groups in total. The first-order valence-corrected chi connectivity index (χ1v) is 9.59. The van der Waals surface area contributed by atoms with Crippen molar-refractivity contribution in [3.05, 3.63) is 70.6 Å². The molecule has 0 spiro atoms. The van der Waals surface area contributed by atoms with Gasteiger partial charge in [0.15, 0.2) is 0 Å². The molecule has 5 nitrogen and oxygen atoms in total. The Morgan fingerprint density at radius 3 is 2.37 bits per heavy atom. The average molecular weight is 379 g/mol. The number of hydrogen-bond acceptors (Lipinski definition) is 5. The fraction of sp³-hybridized carbons (Fsp3) is 0.190. The zero-order chi connectivity index (χ0) is 18.8. The molecule has 4 rings (SSSR count). The van der Waals surface area contributed by atoms with E-state index in [1.54, 1.807) is 35.6 Å². The maximum Gasteiger partial charge on any atom is 0.306 e. The van der Waals surface area contributed by atoms with Crippen LogP contribution in [-0.2, 0) is 16.1 Å². The summed E-state index contributed by atoms with van der Waals surface area (Å²) in [5.74, 6) is -0.927. The van der Waals surface area contributed by atoms with Gasteiger partial charge in [-0.25, -0.2) is 0 Å². The maximum atomic E-state index is 12.3. The Morgan fingerprint density at radius 1 is 0.963 bits per heavy atom. The van der Waals surface area contributed by atoms with Crippen LogP contribution in [0.5, 0.6) is 0 Å². The first kappa shape index (κ1) is 17.4.